The number of ether oxygens (including phenoxy) is 1. The maximum absolute atomic E-state index is 5.23. The lowest BCUT2D eigenvalue weighted by Crippen LogP contribution is -2.42. The first-order chi connectivity index (χ1) is 7.22. The molecule has 0 saturated heterocycles. The monoisotopic (exact) mass is 213 g/mol. The van der Waals surface area contributed by atoms with E-state index in [4.69, 9.17) is 4.74 Å². The molecule has 1 N–H and O–H groups in total. The lowest BCUT2D eigenvalue weighted by Gasteiger charge is -2.26. The van der Waals surface area contributed by atoms with Gasteiger partial charge in [0.05, 0.1) is 6.61 Å². The second kappa shape index (κ2) is 6.49. The molecule has 0 aliphatic heterocycles. The predicted octanol–water partition coefficient (Wildman–Crippen LogP) is 2.83. The third-order valence-corrected chi connectivity index (χ3v) is 4.06. The van der Waals surface area contributed by atoms with Gasteiger partial charge in [-0.25, -0.2) is 0 Å². The molecule has 15 heavy (non-hydrogen) atoms. The summed E-state index contributed by atoms with van der Waals surface area (Å²) < 4.78 is 5.23. The Morgan fingerprint density at radius 2 is 2.07 bits per heavy atom. The Morgan fingerprint density at radius 3 is 2.53 bits per heavy atom. The Labute approximate surface area is 94.8 Å². The van der Waals surface area contributed by atoms with E-state index in [0.29, 0.717) is 6.04 Å². The molecular weight excluding hydrogens is 186 g/mol. The highest BCUT2D eigenvalue weighted by Crippen LogP contribution is 2.34. The van der Waals surface area contributed by atoms with E-state index in [9.17, 15) is 0 Å². The SMILES string of the molecule is CCC(COC)NC1CCC(CC)C1C. The zero-order valence-electron chi connectivity index (χ0n) is 10.8. The molecule has 0 radical (unpaired) electrons. The lowest BCUT2D eigenvalue weighted by atomic mass is 9.93. The van der Waals surface area contributed by atoms with Crippen molar-refractivity contribution < 1.29 is 4.74 Å². The van der Waals surface area contributed by atoms with Crippen LogP contribution in [-0.4, -0.2) is 25.8 Å². The van der Waals surface area contributed by atoms with Crippen molar-refractivity contribution in [2.75, 3.05) is 13.7 Å². The minimum absolute atomic E-state index is 0.540. The van der Waals surface area contributed by atoms with Crippen molar-refractivity contribution in [2.24, 2.45) is 11.8 Å². The van der Waals surface area contributed by atoms with Gasteiger partial charge in [0.1, 0.15) is 0 Å². The second-order valence-corrected chi connectivity index (χ2v) is 4.94. The molecule has 0 heterocycles. The molecule has 1 fully saturated rings. The van der Waals surface area contributed by atoms with Crippen LogP contribution in [0.5, 0.6) is 0 Å². The van der Waals surface area contributed by atoms with Gasteiger partial charge >= 0.3 is 0 Å². The molecule has 0 amide bonds. The molecule has 2 nitrogen and oxygen atoms in total. The van der Waals surface area contributed by atoms with Crippen LogP contribution in [0.3, 0.4) is 0 Å². The van der Waals surface area contributed by atoms with Gasteiger partial charge in [-0.05, 0) is 31.1 Å². The Morgan fingerprint density at radius 1 is 1.33 bits per heavy atom. The minimum Gasteiger partial charge on any atom is -0.383 e. The number of nitrogens with one attached hydrogen (secondary N) is 1. The first-order valence-corrected chi connectivity index (χ1v) is 6.47. The first kappa shape index (κ1) is 13.0. The highest BCUT2D eigenvalue weighted by atomic mass is 16.5. The van der Waals surface area contributed by atoms with Gasteiger partial charge in [-0.1, -0.05) is 27.2 Å². The number of methoxy groups -OCH3 is 1. The van der Waals surface area contributed by atoms with E-state index in [-0.39, 0.29) is 0 Å². The van der Waals surface area contributed by atoms with Crippen molar-refractivity contribution in [3.8, 4) is 0 Å². The highest BCUT2D eigenvalue weighted by Gasteiger charge is 2.32. The van der Waals surface area contributed by atoms with Crippen molar-refractivity contribution in [1.82, 2.24) is 5.32 Å². The zero-order chi connectivity index (χ0) is 11.3. The smallest absolute Gasteiger partial charge is 0.0615 e. The maximum atomic E-state index is 5.23. The van der Waals surface area contributed by atoms with Gasteiger partial charge in [-0.15, -0.1) is 0 Å². The number of rotatable bonds is 6. The van der Waals surface area contributed by atoms with Crippen molar-refractivity contribution in [3.05, 3.63) is 0 Å². The van der Waals surface area contributed by atoms with Crippen LogP contribution in [0.2, 0.25) is 0 Å². The van der Waals surface area contributed by atoms with E-state index in [2.05, 4.69) is 26.1 Å². The van der Waals surface area contributed by atoms with Crippen LogP contribution < -0.4 is 5.32 Å². The summed E-state index contributed by atoms with van der Waals surface area (Å²) in [5, 5.41) is 3.76. The van der Waals surface area contributed by atoms with Crippen LogP contribution in [0.15, 0.2) is 0 Å². The zero-order valence-corrected chi connectivity index (χ0v) is 10.8. The molecule has 4 unspecified atom stereocenters. The Kier molecular flexibility index (Phi) is 5.62. The Hall–Kier alpha value is -0.0800. The maximum Gasteiger partial charge on any atom is 0.0615 e. The molecule has 1 saturated carbocycles. The summed E-state index contributed by atoms with van der Waals surface area (Å²) in [6.07, 6.45) is 5.24. The fourth-order valence-electron chi connectivity index (χ4n) is 2.85. The number of hydrogen-bond donors (Lipinski definition) is 1. The summed E-state index contributed by atoms with van der Waals surface area (Å²) in [7, 11) is 1.79. The average Bonchev–Trinajstić information content (AvgIpc) is 2.59. The van der Waals surface area contributed by atoms with Gasteiger partial charge in [0.15, 0.2) is 0 Å². The van der Waals surface area contributed by atoms with Gasteiger partial charge in [-0.3, -0.25) is 0 Å². The Bertz CT molecular complexity index is 172. The molecule has 1 rings (SSSR count). The topological polar surface area (TPSA) is 21.3 Å². The van der Waals surface area contributed by atoms with Crippen LogP contribution in [0.4, 0.5) is 0 Å². The Balaban J connectivity index is 2.37. The van der Waals surface area contributed by atoms with Crippen molar-refractivity contribution >= 4 is 0 Å². The van der Waals surface area contributed by atoms with Crippen LogP contribution in [0.1, 0.15) is 46.5 Å². The summed E-state index contributed by atoms with van der Waals surface area (Å²) in [5.41, 5.74) is 0. The summed E-state index contributed by atoms with van der Waals surface area (Å²) in [6, 6.07) is 1.26. The van der Waals surface area contributed by atoms with Crippen LogP contribution in [0, 0.1) is 11.8 Å². The molecule has 1 aliphatic carbocycles. The van der Waals surface area contributed by atoms with Gasteiger partial charge in [0, 0.05) is 19.2 Å². The fourth-order valence-corrected chi connectivity index (χ4v) is 2.85. The van der Waals surface area contributed by atoms with E-state index in [1.807, 2.05) is 0 Å². The largest absolute Gasteiger partial charge is 0.383 e. The fraction of sp³-hybridized carbons (Fsp3) is 1.00. The highest BCUT2D eigenvalue weighted by molar-refractivity contribution is 4.88. The molecule has 0 aromatic rings. The van der Waals surface area contributed by atoms with Gasteiger partial charge < -0.3 is 10.1 Å². The van der Waals surface area contributed by atoms with E-state index in [1.54, 1.807) is 7.11 Å². The predicted molar refractivity (Wildman–Crippen MR) is 65.1 cm³/mol. The van der Waals surface area contributed by atoms with Gasteiger partial charge in [0.2, 0.25) is 0 Å². The summed E-state index contributed by atoms with van der Waals surface area (Å²) in [6.45, 7) is 7.79. The number of hydrogen-bond acceptors (Lipinski definition) is 2. The first-order valence-electron chi connectivity index (χ1n) is 6.47. The normalized spacial score (nSPS) is 33.2. The van der Waals surface area contributed by atoms with Crippen molar-refractivity contribution in [1.29, 1.82) is 0 Å². The van der Waals surface area contributed by atoms with Crippen LogP contribution in [0.25, 0.3) is 0 Å². The summed E-state index contributed by atoms with van der Waals surface area (Å²) in [5.74, 6) is 1.77. The summed E-state index contributed by atoms with van der Waals surface area (Å²) in [4.78, 5) is 0. The van der Waals surface area contributed by atoms with E-state index in [0.717, 1.165) is 30.9 Å². The van der Waals surface area contributed by atoms with Crippen molar-refractivity contribution in [3.63, 3.8) is 0 Å². The standard InChI is InChI=1S/C13H27NO/c1-5-11-7-8-13(10(11)3)14-12(6-2)9-15-4/h10-14H,5-9H2,1-4H3. The van der Waals surface area contributed by atoms with Crippen molar-refractivity contribution in [2.45, 2.75) is 58.5 Å². The van der Waals surface area contributed by atoms with Crippen LogP contribution >= 0.6 is 0 Å². The van der Waals surface area contributed by atoms with Gasteiger partial charge in [0.25, 0.3) is 0 Å². The third-order valence-electron chi connectivity index (χ3n) is 4.06. The second-order valence-electron chi connectivity index (χ2n) is 4.94. The molecule has 0 bridgehead atoms. The molecule has 4 atom stereocenters. The lowest BCUT2D eigenvalue weighted by molar-refractivity contribution is 0.153. The van der Waals surface area contributed by atoms with E-state index in [1.165, 1.54) is 19.3 Å². The molecule has 0 spiro atoms. The molecule has 0 aromatic carbocycles. The van der Waals surface area contributed by atoms with Crippen LogP contribution in [-0.2, 0) is 4.74 Å². The van der Waals surface area contributed by atoms with E-state index < -0.39 is 0 Å². The molecule has 90 valence electrons. The molecule has 1 aliphatic rings. The quantitative estimate of drug-likeness (QED) is 0.732. The van der Waals surface area contributed by atoms with Gasteiger partial charge in [-0.2, -0.15) is 0 Å². The molecular formula is C13H27NO. The summed E-state index contributed by atoms with van der Waals surface area (Å²) >= 11 is 0. The third kappa shape index (κ3) is 3.46. The molecule has 2 heteroatoms. The molecule has 0 aromatic heterocycles. The minimum atomic E-state index is 0.540. The average molecular weight is 213 g/mol. The van der Waals surface area contributed by atoms with E-state index >= 15 is 0 Å².